The van der Waals surface area contributed by atoms with Gasteiger partial charge in [-0.05, 0) is 12.1 Å². The summed E-state index contributed by atoms with van der Waals surface area (Å²) in [5, 5.41) is 0.211. The van der Waals surface area contributed by atoms with Gasteiger partial charge in [0.15, 0.2) is 0 Å². The Labute approximate surface area is 87.1 Å². The average Bonchev–Trinajstić information content (AvgIpc) is 2.02. The molecule has 0 aliphatic carbocycles. The molecule has 3 nitrogen and oxygen atoms in total. The third-order valence-electron chi connectivity index (χ3n) is 1.60. The van der Waals surface area contributed by atoms with E-state index in [-0.39, 0.29) is 10.7 Å². The number of hydrogen-bond acceptors (Lipinski definition) is 2. The van der Waals surface area contributed by atoms with Crippen molar-refractivity contribution >= 4 is 33.2 Å². The molecule has 0 amide bonds. The zero-order chi connectivity index (χ0) is 9.42. The molecule has 2 heterocycles. The Morgan fingerprint density at radius 3 is 3.00 bits per heavy atom. The topological polar surface area (TPSA) is 34.4 Å². The molecule has 5 heteroatoms. The molecule has 2 rings (SSSR count). The Bertz CT molecular complexity index is 518. The lowest BCUT2D eigenvalue weighted by Crippen LogP contribution is -2.12. The smallest absolute Gasteiger partial charge is 0.259 e. The van der Waals surface area contributed by atoms with Crippen molar-refractivity contribution in [3.05, 3.63) is 44.4 Å². The number of rotatable bonds is 0. The van der Waals surface area contributed by atoms with E-state index in [0.717, 1.165) is 4.47 Å². The summed E-state index contributed by atoms with van der Waals surface area (Å²) in [6, 6.07) is 4.78. The molecule has 0 atom stereocenters. The number of halogens is 2. The van der Waals surface area contributed by atoms with Gasteiger partial charge in [0.25, 0.3) is 5.56 Å². The van der Waals surface area contributed by atoms with Crippen molar-refractivity contribution in [3.63, 3.8) is 0 Å². The molecule has 2 aromatic rings. The Hall–Kier alpha value is -0.870. The third kappa shape index (κ3) is 1.59. The fourth-order valence-electron chi connectivity index (χ4n) is 1.05. The van der Waals surface area contributed by atoms with Crippen LogP contribution >= 0.6 is 27.5 Å². The highest BCUT2D eigenvalue weighted by Gasteiger charge is 1.99. The highest BCUT2D eigenvalue weighted by molar-refractivity contribution is 9.10. The van der Waals surface area contributed by atoms with E-state index in [0.29, 0.717) is 5.65 Å². The molecule has 2 aromatic heterocycles. The van der Waals surface area contributed by atoms with Crippen molar-refractivity contribution in [3.8, 4) is 0 Å². The van der Waals surface area contributed by atoms with Crippen LogP contribution in [0.15, 0.2) is 33.7 Å². The van der Waals surface area contributed by atoms with Gasteiger partial charge >= 0.3 is 0 Å². The van der Waals surface area contributed by atoms with E-state index < -0.39 is 0 Å². The lowest BCUT2D eigenvalue weighted by atomic mass is 10.4. The Morgan fingerprint density at radius 2 is 2.23 bits per heavy atom. The fraction of sp³-hybridized carbons (Fsp3) is 0. The first-order valence-electron chi connectivity index (χ1n) is 3.51. The lowest BCUT2D eigenvalue weighted by molar-refractivity contribution is 1.04. The summed E-state index contributed by atoms with van der Waals surface area (Å²) in [6.45, 7) is 0. The zero-order valence-electron chi connectivity index (χ0n) is 6.37. The van der Waals surface area contributed by atoms with E-state index in [1.807, 2.05) is 0 Å². The van der Waals surface area contributed by atoms with E-state index in [4.69, 9.17) is 11.6 Å². The largest absolute Gasteiger partial charge is 0.269 e. The molecule has 0 unspecified atom stereocenters. The monoisotopic (exact) mass is 258 g/mol. The minimum Gasteiger partial charge on any atom is -0.269 e. The summed E-state index contributed by atoms with van der Waals surface area (Å²) >= 11 is 8.92. The maximum atomic E-state index is 11.3. The molecule has 0 radical (unpaired) electrons. The maximum Gasteiger partial charge on any atom is 0.259 e. The van der Waals surface area contributed by atoms with E-state index in [1.54, 1.807) is 18.3 Å². The van der Waals surface area contributed by atoms with Gasteiger partial charge in [-0.25, -0.2) is 4.98 Å². The summed E-state index contributed by atoms with van der Waals surface area (Å²) < 4.78 is 2.29. The predicted octanol–water partition coefficient (Wildman–Crippen LogP) is 2.11. The van der Waals surface area contributed by atoms with Gasteiger partial charge in [0.1, 0.15) is 10.8 Å². The van der Waals surface area contributed by atoms with Gasteiger partial charge in [0.05, 0.1) is 0 Å². The van der Waals surface area contributed by atoms with E-state index in [9.17, 15) is 4.79 Å². The second kappa shape index (κ2) is 3.12. The van der Waals surface area contributed by atoms with Crippen molar-refractivity contribution in [1.82, 2.24) is 9.38 Å². The van der Waals surface area contributed by atoms with Crippen molar-refractivity contribution in [2.45, 2.75) is 0 Å². The van der Waals surface area contributed by atoms with Gasteiger partial charge in [-0.3, -0.25) is 9.20 Å². The second-order valence-corrected chi connectivity index (χ2v) is 3.79. The van der Waals surface area contributed by atoms with Gasteiger partial charge in [0, 0.05) is 16.7 Å². The molecule has 0 bridgehead atoms. The van der Waals surface area contributed by atoms with Crippen molar-refractivity contribution in [2.75, 3.05) is 0 Å². The maximum absolute atomic E-state index is 11.3. The van der Waals surface area contributed by atoms with Crippen LogP contribution in [0.5, 0.6) is 0 Å². The van der Waals surface area contributed by atoms with Crippen LogP contribution in [0.4, 0.5) is 0 Å². The number of fused-ring (bicyclic) bond motifs is 1. The van der Waals surface area contributed by atoms with Crippen LogP contribution in [-0.4, -0.2) is 9.38 Å². The Balaban J connectivity index is 2.95. The summed E-state index contributed by atoms with van der Waals surface area (Å²) in [5.41, 5.74) is 0.356. The second-order valence-electron chi connectivity index (χ2n) is 2.49. The number of aromatic nitrogens is 2. The molecule has 0 aliphatic rings. The first-order valence-corrected chi connectivity index (χ1v) is 4.68. The van der Waals surface area contributed by atoms with E-state index >= 15 is 0 Å². The summed E-state index contributed by atoms with van der Waals surface area (Å²) in [7, 11) is 0. The molecule has 66 valence electrons. The molecule has 0 saturated heterocycles. The van der Waals surface area contributed by atoms with Crippen molar-refractivity contribution < 1.29 is 0 Å². The quantitative estimate of drug-likeness (QED) is 0.679. The minimum absolute atomic E-state index is 0.178. The van der Waals surface area contributed by atoms with Crippen LogP contribution in [0.25, 0.3) is 5.65 Å². The van der Waals surface area contributed by atoms with E-state index in [2.05, 4.69) is 20.9 Å². The number of hydrogen-bond donors (Lipinski definition) is 0. The molecular formula is C8H4BrClN2O. The lowest BCUT2D eigenvalue weighted by Gasteiger charge is -1.99. The van der Waals surface area contributed by atoms with Gasteiger partial charge in [-0.2, -0.15) is 0 Å². The molecular weight excluding hydrogens is 255 g/mol. The van der Waals surface area contributed by atoms with Gasteiger partial charge < -0.3 is 0 Å². The first-order chi connectivity index (χ1) is 6.16. The van der Waals surface area contributed by atoms with Crippen LogP contribution in [0.2, 0.25) is 5.15 Å². The zero-order valence-corrected chi connectivity index (χ0v) is 8.71. The fourth-order valence-corrected chi connectivity index (χ4v) is 1.55. The molecule has 0 aromatic carbocycles. The number of nitrogens with zero attached hydrogens (tertiary/aromatic N) is 2. The Kier molecular flexibility index (Phi) is 2.09. The Morgan fingerprint density at radius 1 is 1.46 bits per heavy atom. The van der Waals surface area contributed by atoms with Crippen molar-refractivity contribution in [2.24, 2.45) is 0 Å². The number of pyridine rings is 1. The summed E-state index contributed by atoms with van der Waals surface area (Å²) in [4.78, 5) is 15.3. The molecule has 0 N–H and O–H groups in total. The van der Waals surface area contributed by atoms with Crippen LogP contribution in [0.1, 0.15) is 0 Å². The molecule has 0 spiro atoms. The average molecular weight is 259 g/mol. The summed E-state index contributed by atoms with van der Waals surface area (Å²) in [6.07, 6.45) is 1.64. The highest BCUT2D eigenvalue weighted by Crippen LogP contribution is 2.11. The highest BCUT2D eigenvalue weighted by atomic mass is 79.9. The molecule has 0 fully saturated rings. The van der Waals surface area contributed by atoms with Crippen LogP contribution in [0.3, 0.4) is 0 Å². The normalized spacial score (nSPS) is 10.6. The van der Waals surface area contributed by atoms with Crippen LogP contribution in [0, 0.1) is 0 Å². The summed E-state index contributed by atoms with van der Waals surface area (Å²) in [5.74, 6) is 0. The van der Waals surface area contributed by atoms with Gasteiger partial charge in [0.2, 0.25) is 0 Å². The minimum atomic E-state index is -0.178. The molecule has 13 heavy (non-hydrogen) atoms. The predicted molar refractivity (Wildman–Crippen MR) is 54.2 cm³/mol. The van der Waals surface area contributed by atoms with Gasteiger partial charge in [-0.1, -0.05) is 27.5 Å². The first kappa shape index (κ1) is 8.72. The molecule has 0 saturated carbocycles. The van der Waals surface area contributed by atoms with Gasteiger partial charge in [-0.15, -0.1) is 0 Å². The third-order valence-corrected chi connectivity index (χ3v) is 2.28. The van der Waals surface area contributed by atoms with E-state index in [1.165, 1.54) is 10.5 Å². The van der Waals surface area contributed by atoms with Crippen LogP contribution < -0.4 is 5.56 Å². The SMILES string of the molecule is O=c1cc(Cl)nc2cc(Br)ccn12. The molecule has 0 aliphatic heterocycles. The van der Waals surface area contributed by atoms with Crippen LogP contribution in [-0.2, 0) is 0 Å². The standard InChI is InChI=1S/C8H4BrClN2O/c9-5-1-2-12-7(3-5)11-6(10)4-8(12)13/h1-4H. The van der Waals surface area contributed by atoms with Crippen molar-refractivity contribution in [1.29, 1.82) is 0 Å².